The maximum Gasteiger partial charge on any atom is 0.335 e. The van der Waals surface area contributed by atoms with Crippen molar-refractivity contribution in [2.24, 2.45) is 16.5 Å². The van der Waals surface area contributed by atoms with Gasteiger partial charge in [0.15, 0.2) is 11.5 Å². The number of allylic oxidation sites excluding steroid dienone is 1. The van der Waals surface area contributed by atoms with E-state index in [0.717, 1.165) is 73.9 Å². The van der Waals surface area contributed by atoms with Gasteiger partial charge < -0.3 is 39.3 Å². The number of anilines is 2. The van der Waals surface area contributed by atoms with Gasteiger partial charge in [0, 0.05) is 87.6 Å². The molecule has 2 aromatic heterocycles. The number of nitro benzene ring substituents is 1. The van der Waals surface area contributed by atoms with Crippen LogP contribution in [0.2, 0.25) is 5.02 Å². The van der Waals surface area contributed by atoms with Crippen LogP contribution in [0.15, 0.2) is 83.4 Å². The normalized spacial score (nSPS) is 17.1. The van der Waals surface area contributed by atoms with Crippen LogP contribution in [0.3, 0.4) is 0 Å². The van der Waals surface area contributed by atoms with E-state index in [1.165, 1.54) is 28.8 Å². The van der Waals surface area contributed by atoms with Crippen molar-refractivity contribution in [1.82, 2.24) is 14.9 Å². The van der Waals surface area contributed by atoms with Crippen LogP contribution in [0.25, 0.3) is 16.6 Å². The molecule has 3 aliphatic rings. The Kier molecular flexibility index (Phi) is 14.6. The zero-order chi connectivity index (χ0) is 47.3. The number of nitro groups is 1. The number of carbonyl (C=O) groups is 1. The van der Waals surface area contributed by atoms with Crippen molar-refractivity contribution in [2.45, 2.75) is 57.3 Å². The lowest BCUT2D eigenvalue weighted by Gasteiger charge is -2.39. The summed E-state index contributed by atoms with van der Waals surface area (Å²) in [6, 6.07) is 18.8. The number of rotatable bonds is 18. The van der Waals surface area contributed by atoms with Crippen molar-refractivity contribution in [3.05, 3.63) is 105 Å². The van der Waals surface area contributed by atoms with Gasteiger partial charge in [0.25, 0.3) is 11.6 Å². The van der Waals surface area contributed by atoms with Gasteiger partial charge in [0.1, 0.15) is 22.0 Å². The van der Waals surface area contributed by atoms with Crippen LogP contribution in [-0.4, -0.2) is 105 Å². The summed E-state index contributed by atoms with van der Waals surface area (Å²) < 4.78 is 49.3. The summed E-state index contributed by atoms with van der Waals surface area (Å²) in [5.74, 6) is -0.297. The summed E-state index contributed by atoms with van der Waals surface area (Å²) in [6.45, 7) is 10.1. The average Bonchev–Trinajstić information content (AvgIpc) is 3.76. The number of aromatic nitrogens is 2. The Morgan fingerprint density at radius 1 is 1.01 bits per heavy atom. The number of piperazine rings is 1. The number of hydrogen-bond donors (Lipinski definition) is 4. The van der Waals surface area contributed by atoms with E-state index in [1.807, 2.05) is 18.2 Å². The minimum atomic E-state index is -4.41. The highest BCUT2D eigenvalue weighted by atomic mass is 35.5. The molecule has 356 valence electrons. The molecule has 0 spiro atoms. The van der Waals surface area contributed by atoms with E-state index >= 15 is 0 Å². The van der Waals surface area contributed by atoms with Gasteiger partial charge in [0.2, 0.25) is 10.0 Å². The molecule has 5 N–H and O–H groups in total. The zero-order valence-electron chi connectivity index (χ0n) is 37.6. The van der Waals surface area contributed by atoms with E-state index in [2.05, 4.69) is 51.1 Å². The lowest BCUT2D eigenvalue weighted by Crippen LogP contribution is -2.47. The first-order valence-electron chi connectivity index (χ1n) is 22.5. The molecule has 19 heteroatoms. The van der Waals surface area contributed by atoms with Gasteiger partial charge in [-0.15, -0.1) is 0 Å². The first-order chi connectivity index (χ1) is 32.1. The predicted molar refractivity (Wildman–Crippen MR) is 256 cm³/mol. The van der Waals surface area contributed by atoms with Crippen LogP contribution in [0.1, 0.15) is 68.3 Å². The Morgan fingerprint density at radius 3 is 2.48 bits per heavy atom. The Labute approximate surface area is 394 Å². The molecule has 1 aliphatic carbocycles. The highest BCUT2D eigenvalue weighted by Gasteiger charge is 2.31. The summed E-state index contributed by atoms with van der Waals surface area (Å²) in [6.07, 6.45) is 6.70. The second-order valence-electron chi connectivity index (χ2n) is 18.1. The summed E-state index contributed by atoms with van der Waals surface area (Å²) in [5.41, 5.74) is 5.29. The number of sulfonamides is 1. The van der Waals surface area contributed by atoms with Gasteiger partial charge in [-0.3, -0.25) is 15.0 Å². The van der Waals surface area contributed by atoms with E-state index < -0.39 is 31.5 Å². The van der Waals surface area contributed by atoms with Gasteiger partial charge >= 0.3 is 5.97 Å². The number of carboxylic acid groups (broad SMARTS) is 1. The van der Waals surface area contributed by atoms with Crippen molar-refractivity contribution in [3.8, 4) is 23.1 Å². The molecule has 3 aromatic carbocycles. The second-order valence-corrected chi connectivity index (χ2v) is 20.1. The average molecular weight is 959 g/mol. The molecular formula is C48H56ClN7O10S. The molecule has 0 saturated carbocycles. The SMILES string of the molecule is CC1(C)CCC(CN2CCN(c3ccc(C(=O)O)cc3Oc3cc4cc[nH]c4nc3OCCCOc3cc(NCC4CCOCC4)c([N+](=O)[O-])cc3S(N)(=O)=O)CC2)=C(c2ccc(Cl)cc2)C1. The Hall–Kier alpha value is -5.92. The van der Waals surface area contributed by atoms with Crippen molar-refractivity contribution < 1.29 is 42.2 Å². The molecule has 0 radical (unpaired) electrons. The maximum absolute atomic E-state index is 12.6. The molecule has 0 amide bonds. The molecular weight excluding hydrogens is 902 g/mol. The second kappa shape index (κ2) is 20.5. The van der Waals surface area contributed by atoms with Crippen molar-refractivity contribution in [3.63, 3.8) is 0 Å². The number of ether oxygens (including phenoxy) is 4. The molecule has 4 heterocycles. The number of hydrogen-bond acceptors (Lipinski definition) is 13. The molecule has 2 fully saturated rings. The molecule has 2 saturated heterocycles. The molecule has 0 unspecified atom stereocenters. The molecule has 2 aliphatic heterocycles. The van der Waals surface area contributed by atoms with Gasteiger partial charge in [-0.05, 0) is 97.0 Å². The minimum Gasteiger partial charge on any atom is -0.492 e. The third kappa shape index (κ3) is 11.8. The molecule has 5 aromatic rings. The number of nitrogens with zero attached hydrogens (tertiary/aromatic N) is 4. The number of primary sulfonamides is 1. The van der Waals surface area contributed by atoms with Crippen LogP contribution in [0.4, 0.5) is 17.1 Å². The Morgan fingerprint density at radius 2 is 1.76 bits per heavy atom. The first-order valence-corrected chi connectivity index (χ1v) is 24.4. The third-order valence-corrected chi connectivity index (χ3v) is 13.9. The number of nitrogens with one attached hydrogen (secondary N) is 2. The lowest BCUT2D eigenvalue weighted by atomic mass is 9.72. The van der Waals surface area contributed by atoms with Crippen LogP contribution < -0.4 is 29.6 Å². The number of fused-ring (bicyclic) bond motifs is 1. The molecule has 8 rings (SSSR count). The summed E-state index contributed by atoms with van der Waals surface area (Å²) in [7, 11) is -4.41. The summed E-state index contributed by atoms with van der Waals surface area (Å²) in [5, 5.41) is 32.1. The maximum atomic E-state index is 12.6. The quantitative estimate of drug-likeness (QED) is 0.0366. The van der Waals surface area contributed by atoms with Crippen molar-refractivity contribution in [2.75, 3.05) is 75.9 Å². The van der Waals surface area contributed by atoms with E-state index in [-0.39, 0.29) is 59.6 Å². The number of halogens is 1. The fourth-order valence-electron chi connectivity index (χ4n) is 8.90. The molecule has 17 nitrogen and oxygen atoms in total. The van der Waals surface area contributed by atoms with Gasteiger partial charge in [0.05, 0.1) is 29.4 Å². The van der Waals surface area contributed by atoms with Gasteiger partial charge in [-0.2, -0.15) is 4.98 Å². The van der Waals surface area contributed by atoms with E-state index in [1.54, 1.807) is 24.4 Å². The molecule has 0 bridgehead atoms. The van der Waals surface area contributed by atoms with Crippen LogP contribution >= 0.6 is 11.6 Å². The Bertz CT molecular complexity index is 2750. The summed E-state index contributed by atoms with van der Waals surface area (Å²) >= 11 is 6.25. The highest BCUT2D eigenvalue weighted by molar-refractivity contribution is 7.89. The number of aromatic carboxylic acids is 1. The van der Waals surface area contributed by atoms with Crippen LogP contribution in [0.5, 0.6) is 23.1 Å². The van der Waals surface area contributed by atoms with Gasteiger partial charge in [-0.25, -0.2) is 18.4 Å². The molecule has 67 heavy (non-hydrogen) atoms. The number of aromatic amines is 1. The van der Waals surface area contributed by atoms with Gasteiger partial charge in [-0.1, -0.05) is 43.2 Å². The topological polar surface area (TPSA) is 225 Å². The largest absolute Gasteiger partial charge is 0.492 e. The van der Waals surface area contributed by atoms with E-state index in [9.17, 15) is 28.4 Å². The first kappa shape index (κ1) is 47.6. The fourth-order valence-corrected chi connectivity index (χ4v) is 9.70. The standard InChI is InChI=1S/C48H56ClN7O10S/c1-48(2)14-10-35(37(28-48)32-4-7-36(49)8-5-32)30-54-16-18-55(19-17-54)39-9-6-34(47(57)58)25-41(39)66-43-24-33-11-15-51-45(33)53-46(43)65-21-3-20-64-42-26-38(52-29-31-12-22-63-23-13-31)40(56(59)60)27-44(42)67(50,61)62/h4-9,11,15,24-27,31,52H,3,10,12-14,16-23,28-30H2,1-2H3,(H,51,53)(H,57,58)(H2,50,61,62). The summed E-state index contributed by atoms with van der Waals surface area (Å²) in [4.78, 5) is 35.5. The zero-order valence-corrected chi connectivity index (χ0v) is 39.2. The number of nitrogens with two attached hydrogens (primary N) is 1. The highest BCUT2D eigenvalue weighted by Crippen LogP contribution is 2.44. The number of benzene rings is 3. The predicted octanol–water partition coefficient (Wildman–Crippen LogP) is 8.73. The minimum absolute atomic E-state index is 0.0414. The molecule has 0 atom stereocenters. The van der Waals surface area contributed by atoms with Crippen molar-refractivity contribution >= 4 is 61.3 Å². The lowest BCUT2D eigenvalue weighted by molar-refractivity contribution is -0.384. The fraction of sp³-hybridized carbons (Fsp3) is 0.417. The Balaban J connectivity index is 0.959. The van der Waals surface area contributed by atoms with Crippen LogP contribution in [-0.2, 0) is 14.8 Å². The number of H-pyrrole nitrogens is 1. The van der Waals surface area contributed by atoms with Crippen molar-refractivity contribution in [1.29, 1.82) is 0 Å². The van der Waals surface area contributed by atoms with Crippen LogP contribution in [0, 0.1) is 21.4 Å². The monoisotopic (exact) mass is 957 g/mol. The number of carboxylic acids is 1. The van der Waals surface area contributed by atoms with E-state index in [0.29, 0.717) is 44.2 Å². The number of pyridine rings is 1. The smallest absolute Gasteiger partial charge is 0.335 e. The third-order valence-electron chi connectivity index (χ3n) is 12.7. The van der Waals surface area contributed by atoms with E-state index in [4.69, 9.17) is 35.7 Å².